The number of nitrogens with one attached hydrogen (secondary N) is 1. The molecule has 0 radical (unpaired) electrons. The van der Waals surface area contributed by atoms with E-state index >= 15 is 0 Å². The lowest BCUT2D eigenvalue weighted by atomic mass is 9.78. The van der Waals surface area contributed by atoms with Gasteiger partial charge in [-0.2, -0.15) is 0 Å². The topological polar surface area (TPSA) is 49.4 Å². The van der Waals surface area contributed by atoms with E-state index in [1.807, 2.05) is 47.4 Å². The smallest absolute Gasteiger partial charge is 0.253 e. The van der Waals surface area contributed by atoms with Gasteiger partial charge in [0.1, 0.15) is 0 Å². The van der Waals surface area contributed by atoms with Gasteiger partial charge in [-0.3, -0.25) is 9.59 Å². The van der Waals surface area contributed by atoms with Crippen LogP contribution in [0.25, 0.3) is 11.1 Å². The average Bonchev–Trinajstić information content (AvgIpc) is 3.24. The van der Waals surface area contributed by atoms with E-state index in [0.29, 0.717) is 31.5 Å². The predicted molar refractivity (Wildman–Crippen MR) is 124 cm³/mol. The Balaban J connectivity index is 1.65. The Kier molecular flexibility index (Phi) is 5.90. The minimum absolute atomic E-state index is 0.00472. The van der Waals surface area contributed by atoms with Crippen LogP contribution >= 0.6 is 0 Å². The van der Waals surface area contributed by atoms with E-state index < -0.39 is 5.41 Å². The zero-order valence-electron chi connectivity index (χ0n) is 18.1. The van der Waals surface area contributed by atoms with Gasteiger partial charge in [0, 0.05) is 25.7 Å². The van der Waals surface area contributed by atoms with Crippen molar-refractivity contribution in [2.24, 2.45) is 5.41 Å². The molecule has 3 aromatic rings. The Morgan fingerprint density at radius 3 is 2.45 bits per heavy atom. The summed E-state index contributed by atoms with van der Waals surface area (Å²) in [6, 6.07) is 26.0. The standard InChI is InChI=1S/C27H28N2O2/c1-20-9-8-13-22(17-20)24-14-7-6-12-23(24)18-27(26(31)28-2)15-16-29(19-27)25(30)21-10-4-3-5-11-21/h3-14,17H,15-16,18-19H2,1-2H3,(H,28,31). The molecule has 0 aliphatic carbocycles. The number of carbonyl (C=O) groups excluding carboxylic acids is 2. The minimum atomic E-state index is -0.640. The van der Waals surface area contributed by atoms with Crippen LogP contribution in [-0.4, -0.2) is 36.9 Å². The van der Waals surface area contributed by atoms with Crippen molar-refractivity contribution in [2.75, 3.05) is 20.1 Å². The molecule has 1 fully saturated rings. The van der Waals surface area contributed by atoms with E-state index in [9.17, 15) is 9.59 Å². The first kappa shape index (κ1) is 20.9. The van der Waals surface area contributed by atoms with Crippen LogP contribution in [0.4, 0.5) is 0 Å². The second kappa shape index (κ2) is 8.76. The third-order valence-corrected chi connectivity index (χ3v) is 6.25. The SMILES string of the molecule is CNC(=O)C1(Cc2ccccc2-c2cccc(C)c2)CCN(C(=O)c2ccccc2)C1. The minimum Gasteiger partial charge on any atom is -0.359 e. The molecule has 1 N–H and O–H groups in total. The summed E-state index contributed by atoms with van der Waals surface area (Å²) < 4.78 is 0. The van der Waals surface area contributed by atoms with Gasteiger partial charge in [0.2, 0.25) is 5.91 Å². The molecule has 158 valence electrons. The number of carbonyl (C=O) groups is 2. The van der Waals surface area contributed by atoms with Crippen molar-refractivity contribution in [3.8, 4) is 11.1 Å². The highest BCUT2D eigenvalue weighted by Gasteiger charge is 2.46. The van der Waals surface area contributed by atoms with Crippen LogP contribution in [0.5, 0.6) is 0 Å². The molecule has 0 spiro atoms. The quantitative estimate of drug-likeness (QED) is 0.672. The molecule has 1 saturated heterocycles. The van der Waals surface area contributed by atoms with E-state index in [1.54, 1.807) is 7.05 Å². The van der Waals surface area contributed by atoms with Crippen molar-refractivity contribution < 1.29 is 9.59 Å². The van der Waals surface area contributed by atoms with Gasteiger partial charge >= 0.3 is 0 Å². The summed E-state index contributed by atoms with van der Waals surface area (Å²) in [6.07, 6.45) is 1.24. The number of likely N-dealkylation sites (tertiary alicyclic amines) is 1. The molecule has 1 unspecified atom stereocenters. The monoisotopic (exact) mass is 412 g/mol. The molecule has 1 heterocycles. The van der Waals surface area contributed by atoms with E-state index in [4.69, 9.17) is 0 Å². The summed E-state index contributed by atoms with van der Waals surface area (Å²) in [5.41, 5.74) is 4.65. The molecular formula is C27H28N2O2. The molecule has 31 heavy (non-hydrogen) atoms. The van der Waals surface area contributed by atoms with Crippen molar-refractivity contribution >= 4 is 11.8 Å². The van der Waals surface area contributed by atoms with Crippen LogP contribution in [0, 0.1) is 12.3 Å². The molecule has 1 aliphatic heterocycles. The van der Waals surface area contributed by atoms with Crippen LogP contribution in [0.3, 0.4) is 0 Å². The van der Waals surface area contributed by atoms with Gasteiger partial charge in [-0.1, -0.05) is 72.3 Å². The molecule has 1 aliphatic rings. The van der Waals surface area contributed by atoms with Gasteiger partial charge in [-0.25, -0.2) is 0 Å². The lowest BCUT2D eigenvalue weighted by molar-refractivity contribution is -0.129. The Hall–Kier alpha value is -3.40. The van der Waals surface area contributed by atoms with Crippen LogP contribution in [0.15, 0.2) is 78.9 Å². The molecule has 1 atom stereocenters. The molecule has 2 amide bonds. The third-order valence-electron chi connectivity index (χ3n) is 6.25. The third kappa shape index (κ3) is 4.24. The van der Waals surface area contributed by atoms with Crippen LogP contribution < -0.4 is 5.32 Å². The largest absolute Gasteiger partial charge is 0.359 e. The predicted octanol–water partition coefficient (Wildman–Crippen LogP) is 4.48. The fourth-order valence-corrected chi connectivity index (χ4v) is 4.62. The van der Waals surface area contributed by atoms with E-state index in [1.165, 1.54) is 5.56 Å². The van der Waals surface area contributed by atoms with Gasteiger partial charge in [-0.05, 0) is 48.6 Å². The fourth-order valence-electron chi connectivity index (χ4n) is 4.62. The molecule has 0 bridgehead atoms. The second-order valence-electron chi connectivity index (χ2n) is 8.41. The summed E-state index contributed by atoms with van der Waals surface area (Å²) in [4.78, 5) is 27.9. The molecular weight excluding hydrogens is 384 g/mol. The number of aryl methyl sites for hydroxylation is 1. The van der Waals surface area contributed by atoms with Gasteiger partial charge in [-0.15, -0.1) is 0 Å². The number of hydrogen-bond donors (Lipinski definition) is 1. The number of nitrogens with zero attached hydrogens (tertiary/aromatic N) is 1. The normalized spacial score (nSPS) is 18.1. The zero-order chi connectivity index (χ0) is 21.8. The first-order valence-corrected chi connectivity index (χ1v) is 10.7. The van der Waals surface area contributed by atoms with Crippen LogP contribution in [-0.2, 0) is 11.2 Å². The average molecular weight is 413 g/mol. The second-order valence-corrected chi connectivity index (χ2v) is 8.41. The van der Waals surface area contributed by atoms with Crippen molar-refractivity contribution in [2.45, 2.75) is 19.8 Å². The zero-order valence-corrected chi connectivity index (χ0v) is 18.1. The molecule has 0 saturated carbocycles. The first-order chi connectivity index (χ1) is 15.0. The summed E-state index contributed by atoms with van der Waals surface area (Å²) in [7, 11) is 1.68. The summed E-state index contributed by atoms with van der Waals surface area (Å²) in [5.74, 6) is -0.0201. The first-order valence-electron chi connectivity index (χ1n) is 10.7. The van der Waals surface area contributed by atoms with Crippen molar-refractivity contribution in [3.63, 3.8) is 0 Å². The van der Waals surface area contributed by atoms with Gasteiger partial charge in [0.05, 0.1) is 5.41 Å². The Bertz CT molecular complexity index is 1090. The number of rotatable bonds is 5. The van der Waals surface area contributed by atoms with Gasteiger partial charge in [0.15, 0.2) is 0 Å². The lowest BCUT2D eigenvalue weighted by Crippen LogP contribution is -2.44. The Morgan fingerprint density at radius 1 is 0.968 bits per heavy atom. The molecule has 4 nitrogen and oxygen atoms in total. The lowest BCUT2D eigenvalue weighted by Gasteiger charge is -2.28. The Labute approximate surface area is 183 Å². The highest BCUT2D eigenvalue weighted by molar-refractivity contribution is 5.95. The van der Waals surface area contributed by atoms with Gasteiger partial charge < -0.3 is 10.2 Å². The molecule has 4 heteroatoms. The maximum atomic E-state index is 13.1. The van der Waals surface area contributed by atoms with Crippen molar-refractivity contribution in [3.05, 3.63) is 95.6 Å². The van der Waals surface area contributed by atoms with E-state index in [-0.39, 0.29) is 11.8 Å². The van der Waals surface area contributed by atoms with Crippen molar-refractivity contribution in [1.29, 1.82) is 0 Å². The summed E-state index contributed by atoms with van der Waals surface area (Å²) in [5, 5.41) is 2.86. The van der Waals surface area contributed by atoms with Crippen molar-refractivity contribution in [1.82, 2.24) is 10.2 Å². The van der Waals surface area contributed by atoms with Crippen LogP contribution in [0.2, 0.25) is 0 Å². The highest BCUT2D eigenvalue weighted by atomic mass is 16.2. The molecule has 4 rings (SSSR count). The molecule has 0 aromatic heterocycles. The molecule has 3 aromatic carbocycles. The van der Waals surface area contributed by atoms with Crippen LogP contribution in [0.1, 0.15) is 27.9 Å². The number of benzene rings is 3. The van der Waals surface area contributed by atoms with Gasteiger partial charge in [0.25, 0.3) is 5.91 Å². The Morgan fingerprint density at radius 2 is 1.71 bits per heavy atom. The maximum Gasteiger partial charge on any atom is 0.253 e. The maximum absolute atomic E-state index is 13.1. The number of hydrogen-bond acceptors (Lipinski definition) is 2. The highest BCUT2D eigenvalue weighted by Crippen LogP contribution is 2.38. The number of amides is 2. The fraction of sp³-hybridized carbons (Fsp3) is 0.259. The summed E-state index contributed by atoms with van der Waals surface area (Å²) in [6.45, 7) is 3.08. The summed E-state index contributed by atoms with van der Waals surface area (Å²) >= 11 is 0. The van der Waals surface area contributed by atoms with E-state index in [2.05, 4.69) is 48.6 Å². The van der Waals surface area contributed by atoms with E-state index in [0.717, 1.165) is 16.7 Å².